The molecule has 1 aliphatic heterocycles. The van der Waals surface area contributed by atoms with Crippen molar-refractivity contribution in [2.24, 2.45) is 5.41 Å². The lowest BCUT2D eigenvalue weighted by molar-refractivity contribution is -0.156. The van der Waals surface area contributed by atoms with E-state index in [1.165, 1.54) is 11.1 Å². The summed E-state index contributed by atoms with van der Waals surface area (Å²) in [5, 5.41) is 14.4. The fraction of sp³-hybridized carbons (Fsp3) is 0.667. The topological polar surface area (TPSA) is 43.8 Å². The predicted molar refractivity (Wildman–Crippen MR) is 102 cm³/mol. The molecule has 140 valence electrons. The van der Waals surface area contributed by atoms with Gasteiger partial charge in [0.25, 0.3) is 0 Å². The molecule has 0 spiro atoms. The lowest BCUT2D eigenvalue weighted by Crippen LogP contribution is -2.52. The van der Waals surface area contributed by atoms with Gasteiger partial charge in [-0.05, 0) is 43.6 Å². The molecule has 2 rings (SSSR count). The van der Waals surface area contributed by atoms with Gasteiger partial charge in [-0.3, -0.25) is 9.80 Å². The zero-order valence-corrected chi connectivity index (χ0v) is 16.3. The summed E-state index contributed by atoms with van der Waals surface area (Å²) >= 11 is 0. The largest absolute Gasteiger partial charge is 0.393 e. The van der Waals surface area contributed by atoms with Crippen molar-refractivity contribution in [2.45, 2.75) is 65.9 Å². The molecule has 0 radical (unpaired) electrons. The second-order valence-corrected chi connectivity index (χ2v) is 8.33. The van der Waals surface area contributed by atoms with E-state index in [2.05, 4.69) is 57.0 Å². The Morgan fingerprint density at radius 1 is 1.16 bits per heavy atom. The fourth-order valence-corrected chi connectivity index (χ4v) is 3.21. The number of hydrazine groups is 1. The van der Waals surface area contributed by atoms with Crippen LogP contribution < -0.4 is 0 Å². The quantitative estimate of drug-likeness (QED) is 0.821. The summed E-state index contributed by atoms with van der Waals surface area (Å²) in [6.07, 6.45) is 3.86. The molecular formula is C21H34N2O2. The smallest absolute Gasteiger partial charge is 0.236 e. The van der Waals surface area contributed by atoms with Gasteiger partial charge in [0.15, 0.2) is 0 Å². The van der Waals surface area contributed by atoms with Gasteiger partial charge in [0.05, 0.1) is 6.10 Å². The first-order valence-electron chi connectivity index (χ1n) is 9.56. The van der Waals surface area contributed by atoms with Crippen molar-refractivity contribution in [2.75, 3.05) is 19.6 Å². The van der Waals surface area contributed by atoms with Crippen molar-refractivity contribution in [3.63, 3.8) is 0 Å². The molecule has 0 aliphatic carbocycles. The van der Waals surface area contributed by atoms with Gasteiger partial charge in [-0.1, -0.05) is 50.6 Å². The predicted octanol–water partition coefficient (Wildman–Crippen LogP) is 3.56. The normalized spacial score (nSPS) is 17.8. The number of carbonyl (C=O) groups excluding carboxylic acids is 1. The fourth-order valence-electron chi connectivity index (χ4n) is 3.21. The summed E-state index contributed by atoms with van der Waals surface area (Å²) in [6, 6.07) is 8.62. The van der Waals surface area contributed by atoms with Gasteiger partial charge in [0.1, 0.15) is 0 Å². The summed E-state index contributed by atoms with van der Waals surface area (Å²) in [5.41, 5.74) is 2.49. The molecule has 1 unspecified atom stereocenters. The summed E-state index contributed by atoms with van der Waals surface area (Å²) < 4.78 is 0. The first-order chi connectivity index (χ1) is 11.8. The Kier molecular flexibility index (Phi) is 7.03. The van der Waals surface area contributed by atoms with Crippen LogP contribution in [-0.4, -0.2) is 46.8 Å². The maximum atomic E-state index is 12.4. The van der Waals surface area contributed by atoms with E-state index in [1.807, 2.05) is 5.01 Å². The molecule has 1 aliphatic rings. The molecule has 1 heterocycles. The number of carbonyl (C=O) groups is 1. The van der Waals surface area contributed by atoms with Gasteiger partial charge in [-0.15, -0.1) is 0 Å². The molecule has 0 saturated carbocycles. The number of aliphatic hydroxyl groups is 1. The molecule has 1 N–H and O–H groups in total. The molecule has 0 bridgehead atoms. The second-order valence-electron chi connectivity index (χ2n) is 8.33. The van der Waals surface area contributed by atoms with E-state index >= 15 is 0 Å². The average molecular weight is 347 g/mol. The minimum Gasteiger partial charge on any atom is -0.393 e. The minimum absolute atomic E-state index is 0.115. The Morgan fingerprint density at radius 3 is 2.48 bits per heavy atom. The third-order valence-corrected chi connectivity index (χ3v) is 5.05. The SMILES string of the molecule is Cc1ccc(CCCN2C(=O)CCCN2CCC(O)C(C)(C)C)cc1. The van der Waals surface area contributed by atoms with E-state index in [9.17, 15) is 9.90 Å². The van der Waals surface area contributed by atoms with Crippen molar-refractivity contribution < 1.29 is 9.90 Å². The van der Waals surface area contributed by atoms with Crippen LogP contribution in [0.2, 0.25) is 0 Å². The number of benzene rings is 1. The van der Waals surface area contributed by atoms with Crippen molar-refractivity contribution in [1.82, 2.24) is 10.0 Å². The maximum absolute atomic E-state index is 12.4. The Morgan fingerprint density at radius 2 is 1.84 bits per heavy atom. The summed E-state index contributed by atoms with van der Waals surface area (Å²) in [6.45, 7) is 10.7. The lowest BCUT2D eigenvalue weighted by Gasteiger charge is -2.39. The van der Waals surface area contributed by atoms with Gasteiger partial charge in [0, 0.05) is 26.1 Å². The summed E-state index contributed by atoms with van der Waals surface area (Å²) in [4.78, 5) is 12.4. The molecule has 25 heavy (non-hydrogen) atoms. The van der Waals surface area contributed by atoms with Gasteiger partial charge in [-0.2, -0.15) is 0 Å². The maximum Gasteiger partial charge on any atom is 0.236 e. The number of amides is 1. The summed E-state index contributed by atoms with van der Waals surface area (Å²) in [5.74, 6) is 0.223. The highest BCUT2D eigenvalue weighted by atomic mass is 16.3. The first kappa shape index (κ1) is 19.9. The Bertz CT molecular complexity index is 548. The van der Waals surface area contributed by atoms with Crippen LogP contribution in [0.15, 0.2) is 24.3 Å². The van der Waals surface area contributed by atoms with Crippen LogP contribution in [0.4, 0.5) is 0 Å². The number of aryl methyl sites for hydroxylation is 2. The third-order valence-electron chi connectivity index (χ3n) is 5.05. The Hall–Kier alpha value is -1.39. The van der Waals surface area contributed by atoms with E-state index in [4.69, 9.17) is 0 Å². The van der Waals surface area contributed by atoms with E-state index in [-0.39, 0.29) is 17.4 Å². The van der Waals surface area contributed by atoms with E-state index in [0.29, 0.717) is 12.8 Å². The van der Waals surface area contributed by atoms with Crippen molar-refractivity contribution in [3.8, 4) is 0 Å². The average Bonchev–Trinajstić information content (AvgIpc) is 2.55. The number of hydrogen-bond acceptors (Lipinski definition) is 3. The van der Waals surface area contributed by atoms with Crippen LogP contribution in [0, 0.1) is 12.3 Å². The zero-order valence-electron chi connectivity index (χ0n) is 16.3. The molecule has 1 atom stereocenters. The minimum atomic E-state index is -0.348. The number of hydrogen-bond donors (Lipinski definition) is 1. The number of aliphatic hydroxyl groups excluding tert-OH is 1. The zero-order chi connectivity index (χ0) is 18.4. The highest BCUT2D eigenvalue weighted by molar-refractivity contribution is 5.76. The molecular weight excluding hydrogens is 312 g/mol. The second kappa shape index (κ2) is 8.81. The molecule has 1 amide bonds. The third kappa shape index (κ3) is 6.12. The number of nitrogens with zero attached hydrogens (tertiary/aromatic N) is 2. The summed E-state index contributed by atoms with van der Waals surface area (Å²) in [7, 11) is 0. The molecule has 1 fully saturated rings. The van der Waals surface area contributed by atoms with Gasteiger partial charge < -0.3 is 5.11 Å². The standard InChI is InChI=1S/C21H34N2O2/c1-17-9-11-18(12-10-17)7-5-15-23-20(25)8-6-14-22(23)16-13-19(24)21(2,3)4/h9-12,19,24H,5-8,13-16H2,1-4H3. The van der Waals surface area contributed by atoms with Crippen LogP contribution in [0.25, 0.3) is 0 Å². The molecule has 4 nitrogen and oxygen atoms in total. The van der Waals surface area contributed by atoms with E-state index in [0.717, 1.165) is 38.9 Å². The van der Waals surface area contributed by atoms with E-state index in [1.54, 1.807) is 0 Å². The van der Waals surface area contributed by atoms with Gasteiger partial charge >= 0.3 is 0 Å². The first-order valence-corrected chi connectivity index (χ1v) is 9.56. The van der Waals surface area contributed by atoms with E-state index < -0.39 is 0 Å². The molecule has 4 heteroatoms. The van der Waals surface area contributed by atoms with Crippen LogP contribution in [-0.2, 0) is 11.2 Å². The van der Waals surface area contributed by atoms with Crippen molar-refractivity contribution in [1.29, 1.82) is 0 Å². The Labute approximate surface area is 152 Å². The molecule has 0 aromatic heterocycles. The monoisotopic (exact) mass is 346 g/mol. The Balaban J connectivity index is 1.86. The highest BCUT2D eigenvalue weighted by Crippen LogP contribution is 2.23. The van der Waals surface area contributed by atoms with Gasteiger partial charge in [0.2, 0.25) is 5.91 Å². The molecule has 1 aromatic rings. The molecule has 1 saturated heterocycles. The van der Waals surface area contributed by atoms with Crippen LogP contribution in [0.3, 0.4) is 0 Å². The van der Waals surface area contributed by atoms with Crippen molar-refractivity contribution in [3.05, 3.63) is 35.4 Å². The number of rotatable bonds is 7. The molecule has 1 aromatic carbocycles. The lowest BCUT2D eigenvalue weighted by atomic mass is 9.87. The van der Waals surface area contributed by atoms with Crippen molar-refractivity contribution >= 4 is 5.91 Å². The highest BCUT2D eigenvalue weighted by Gasteiger charge is 2.28. The van der Waals surface area contributed by atoms with Crippen LogP contribution in [0.5, 0.6) is 0 Å². The van der Waals surface area contributed by atoms with Crippen LogP contribution >= 0.6 is 0 Å². The van der Waals surface area contributed by atoms with Gasteiger partial charge in [-0.25, -0.2) is 5.01 Å². The van der Waals surface area contributed by atoms with Crippen LogP contribution in [0.1, 0.15) is 57.6 Å².